The van der Waals surface area contributed by atoms with Crippen molar-refractivity contribution < 1.29 is 58.3 Å². The average Bonchev–Trinajstić information content (AvgIpc) is 3.39. The first kappa shape index (κ1) is 53.5. The highest BCUT2D eigenvalue weighted by Gasteiger charge is 2.89. The zero-order valence-corrected chi connectivity index (χ0v) is 53.1. The Hall–Kier alpha value is 0.812. The minimum absolute atomic E-state index is 0.0107. The van der Waals surface area contributed by atoms with Gasteiger partial charge in [-0.05, 0) is 115 Å². The van der Waals surface area contributed by atoms with Crippen molar-refractivity contribution >= 4 is 85.1 Å². The van der Waals surface area contributed by atoms with Crippen LogP contribution in [0, 0.1) is 0 Å². The van der Waals surface area contributed by atoms with Gasteiger partial charge in [-0.25, -0.2) is 9.79 Å². The Morgan fingerprint density at radius 2 is 0.569 bits per heavy atom. The van der Waals surface area contributed by atoms with Crippen molar-refractivity contribution in [2.45, 2.75) is 289 Å². The topological polar surface area (TPSA) is 149 Å². The molecule has 13 aliphatic rings. The molecule has 0 atom stereocenters. The van der Waals surface area contributed by atoms with Crippen LogP contribution in [0.25, 0.3) is 0 Å². The van der Waals surface area contributed by atoms with Crippen molar-refractivity contribution in [2.75, 3.05) is 6.54 Å². The van der Waals surface area contributed by atoms with Gasteiger partial charge in [0.2, 0.25) is 6.08 Å². The molecule has 0 aromatic carbocycles. The van der Waals surface area contributed by atoms with Crippen LogP contribution in [0.15, 0.2) is 4.99 Å². The lowest BCUT2D eigenvalue weighted by molar-refractivity contribution is -0.0659. The third-order valence-corrected chi connectivity index (χ3v) is 62.3. The Morgan fingerprint density at radius 3 is 0.778 bits per heavy atom. The van der Waals surface area contributed by atoms with Crippen LogP contribution in [0.1, 0.15) is 231 Å². The summed E-state index contributed by atoms with van der Waals surface area (Å²) in [6.07, 6.45) is 38.5. The predicted molar refractivity (Wildman–Crippen MR) is 288 cm³/mol. The minimum atomic E-state index is -4.62. The van der Waals surface area contributed by atoms with Crippen molar-refractivity contribution in [3.8, 4) is 0 Å². The van der Waals surface area contributed by atoms with E-state index in [-0.39, 0.29) is 38.8 Å². The smallest absolute Gasteiger partial charge is 0.395 e. The molecular formula is C48H89NO14Si9. The summed E-state index contributed by atoms with van der Waals surface area (Å²) in [5.41, 5.74) is -0.274. The molecule has 0 N–H and O–H groups in total. The van der Waals surface area contributed by atoms with Crippen LogP contribution in [0.4, 0.5) is 0 Å². The molecule has 6 heterocycles. The molecule has 7 saturated carbocycles. The molecule has 15 nitrogen and oxygen atoms in total. The number of rotatable bonds is 13. The summed E-state index contributed by atoms with van der Waals surface area (Å²) >= 11 is 0. The average molecular weight is 1160 g/mol. The second-order valence-corrected chi connectivity index (χ2v) is 55.0. The monoisotopic (exact) mass is 1160 g/mol. The molecule has 406 valence electrons. The molecule has 0 amide bonds. The summed E-state index contributed by atoms with van der Waals surface area (Å²) in [7, 11) is -36.5. The maximum atomic E-state index is 11.4. The van der Waals surface area contributed by atoms with Crippen molar-refractivity contribution in [3.63, 3.8) is 0 Å². The number of hydrogen-bond acceptors (Lipinski definition) is 15. The summed E-state index contributed by atoms with van der Waals surface area (Å²) in [5.74, 6) is 0. The van der Waals surface area contributed by atoms with Crippen molar-refractivity contribution in [2.24, 2.45) is 4.99 Å². The molecule has 8 bridgehead atoms. The highest BCUT2D eigenvalue weighted by Crippen LogP contribution is 2.65. The number of nitrogens with zero attached hydrogens (tertiary/aromatic N) is 1. The SMILES string of the molecule is C[Si](C)(CCCN=C=O)O[Si]12O[Si]3(C4CCCCC4)O[Si]4(C5CCCCC5)O[Si](C5CCCCC5)(O1)O[Si]1(C5CCCCC5)O[Si](C5CCCCC5)(O2)O[Si](C2CCCCC2)(O3)O[Si](C2CCCCC2)(O4)O1. The fraction of sp³-hybridized carbons (Fsp3) is 0.979. The molecule has 24 heteroatoms. The zero-order valence-electron chi connectivity index (χ0n) is 44.1. The van der Waals surface area contributed by atoms with E-state index in [9.17, 15) is 4.79 Å². The Balaban J connectivity index is 1.18. The van der Waals surface area contributed by atoms with E-state index in [0.717, 1.165) is 199 Å². The molecule has 0 aromatic heterocycles. The first-order valence-corrected chi connectivity index (χ1v) is 47.5. The molecule has 0 unspecified atom stereocenters. The van der Waals surface area contributed by atoms with Crippen LogP contribution in [0.5, 0.6) is 0 Å². The minimum Gasteiger partial charge on any atom is -0.395 e. The molecule has 6 saturated heterocycles. The van der Waals surface area contributed by atoms with Gasteiger partial charge in [-0.15, -0.1) is 0 Å². The summed E-state index contributed by atoms with van der Waals surface area (Å²) in [6, 6.07) is 0.704. The van der Waals surface area contributed by atoms with E-state index in [1.807, 2.05) is 0 Å². The molecule has 72 heavy (non-hydrogen) atoms. The second-order valence-electron chi connectivity index (χ2n) is 25.2. The first-order chi connectivity index (χ1) is 35.0. The van der Waals surface area contributed by atoms with E-state index in [0.29, 0.717) is 19.0 Å². The Morgan fingerprint density at radius 1 is 0.361 bits per heavy atom. The van der Waals surface area contributed by atoms with Gasteiger partial charge in [0.1, 0.15) is 0 Å². The first-order valence-electron chi connectivity index (χ1n) is 30.1. The van der Waals surface area contributed by atoms with Crippen LogP contribution in [-0.4, -0.2) is 91.6 Å². The molecule has 7 aliphatic carbocycles. The highest BCUT2D eigenvalue weighted by molar-refractivity contribution is 7.04. The van der Waals surface area contributed by atoms with Crippen molar-refractivity contribution in [3.05, 3.63) is 0 Å². The van der Waals surface area contributed by atoms with Gasteiger partial charge in [0, 0.05) is 38.8 Å². The van der Waals surface area contributed by atoms with Crippen molar-refractivity contribution in [1.29, 1.82) is 0 Å². The number of aliphatic imine (C=N–C) groups is 1. The van der Waals surface area contributed by atoms with Gasteiger partial charge in [0.25, 0.3) is 0 Å². The van der Waals surface area contributed by atoms with Gasteiger partial charge in [0.05, 0.1) is 6.54 Å². The van der Waals surface area contributed by atoms with Gasteiger partial charge in [-0.3, -0.25) is 0 Å². The number of hydrogen-bond donors (Lipinski definition) is 0. The van der Waals surface area contributed by atoms with Crippen LogP contribution >= 0.6 is 0 Å². The van der Waals surface area contributed by atoms with Crippen LogP contribution in [-0.2, 0) is 58.3 Å². The normalized spacial score (nSPS) is 43.9. The van der Waals surface area contributed by atoms with Gasteiger partial charge in [0.15, 0.2) is 8.32 Å². The van der Waals surface area contributed by atoms with Crippen LogP contribution in [0.3, 0.4) is 0 Å². The molecular weight excluding hydrogens is 1070 g/mol. The number of isocyanates is 1. The Kier molecular flexibility index (Phi) is 16.1. The summed E-state index contributed by atoms with van der Waals surface area (Å²) in [5, 5.41) is 0. The largest absolute Gasteiger partial charge is 0.646 e. The lowest BCUT2D eigenvalue weighted by Gasteiger charge is -2.67. The van der Waals surface area contributed by atoms with Gasteiger partial charge in [-0.1, -0.05) is 135 Å². The lowest BCUT2D eigenvalue weighted by atomic mass is 10.0. The standard InChI is InChI=1S/C48H89NO14Si9/c1-64(2,40-24-39-49-41-50)51-72-61-69(46-33-18-7-19-34-46)55-66(43-27-12-4-13-28-43)52-65(42-25-10-3-11-26-42)53-67(57-69,44-29-14-5-15-30-44)59-71(63-72,48-37-22-9-23-38-48)60-68(54-65,45-31-16-6-17-32-45)58-70(56-66,62-72)47-35-20-8-21-36-47/h42-48H,3-40H2,1-2H3. The van der Waals surface area contributed by atoms with Gasteiger partial charge < -0.3 is 53.5 Å². The van der Waals surface area contributed by atoms with E-state index in [4.69, 9.17) is 53.5 Å². The van der Waals surface area contributed by atoms with E-state index in [1.165, 1.54) is 25.7 Å². The predicted octanol–water partition coefficient (Wildman–Crippen LogP) is 13.5. The third kappa shape index (κ3) is 10.2. The van der Waals surface area contributed by atoms with Crippen LogP contribution in [0.2, 0.25) is 57.9 Å². The highest BCUT2D eigenvalue weighted by atomic mass is 28.6. The fourth-order valence-corrected chi connectivity index (χ4v) is 74.8. The molecule has 6 aliphatic heterocycles. The van der Waals surface area contributed by atoms with E-state index in [2.05, 4.69) is 18.1 Å². The quantitative estimate of drug-likeness (QED) is 0.0745. The Labute approximate surface area is 441 Å². The van der Waals surface area contributed by atoms with Crippen molar-refractivity contribution in [1.82, 2.24) is 0 Å². The molecule has 0 radical (unpaired) electrons. The van der Waals surface area contributed by atoms with E-state index in [1.54, 1.807) is 6.08 Å². The molecule has 0 spiro atoms. The van der Waals surface area contributed by atoms with E-state index < -0.39 is 79.0 Å². The van der Waals surface area contributed by atoms with Crippen LogP contribution < -0.4 is 0 Å². The maximum Gasteiger partial charge on any atom is 0.646 e. The van der Waals surface area contributed by atoms with Gasteiger partial charge >= 0.3 is 70.7 Å². The molecule has 13 fully saturated rings. The summed E-state index contributed by atoms with van der Waals surface area (Å²) in [4.78, 5) is 15.4. The van der Waals surface area contributed by atoms with E-state index >= 15 is 0 Å². The zero-order chi connectivity index (χ0) is 49.0. The summed E-state index contributed by atoms with van der Waals surface area (Å²) in [6.45, 7) is 4.87. The second kappa shape index (κ2) is 21.7. The third-order valence-electron chi connectivity index (χ3n) is 19.6. The van der Waals surface area contributed by atoms with Gasteiger partial charge in [-0.2, -0.15) is 0 Å². The molecule has 0 aromatic rings. The Bertz CT molecular complexity index is 1730. The fourth-order valence-electron chi connectivity index (χ4n) is 15.8. The summed E-state index contributed by atoms with van der Waals surface area (Å²) < 4.78 is 112. The maximum absolute atomic E-state index is 11.4. The number of carbonyl (C=O) groups excluding carboxylic acids is 1. The lowest BCUT2D eigenvalue weighted by Crippen LogP contribution is -2.91. The molecule has 13 rings (SSSR count).